The molecule has 96 valence electrons. The molecule has 0 spiro atoms. The van der Waals surface area contributed by atoms with E-state index in [9.17, 15) is 17.6 Å². The van der Waals surface area contributed by atoms with Gasteiger partial charge < -0.3 is 0 Å². The summed E-state index contributed by atoms with van der Waals surface area (Å²) < 4.78 is 53.3. The van der Waals surface area contributed by atoms with E-state index in [4.69, 9.17) is 46.4 Å². The van der Waals surface area contributed by atoms with Gasteiger partial charge in [-0.25, -0.2) is 17.6 Å². The molecule has 0 atom stereocenters. The van der Waals surface area contributed by atoms with Gasteiger partial charge in [-0.2, -0.15) is 0 Å². The Morgan fingerprint density at radius 3 is 1.00 bits per heavy atom. The van der Waals surface area contributed by atoms with E-state index in [2.05, 4.69) is 0 Å². The van der Waals surface area contributed by atoms with Gasteiger partial charge in [0, 0.05) is 10.8 Å². The molecule has 2 rings (SSSR count). The highest BCUT2D eigenvalue weighted by Gasteiger charge is 2.27. The first-order valence-electron chi connectivity index (χ1n) is 4.26. The minimum atomic E-state index is -2.00. The fourth-order valence-corrected chi connectivity index (χ4v) is 2.47. The summed E-state index contributed by atoms with van der Waals surface area (Å²) in [6.45, 7) is 0. The lowest BCUT2D eigenvalue weighted by Crippen LogP contribution is -1.99. The molecule has 18 heavy (non-hydrogen) atoms. The maximum absolute atomic E-state index is 13.6. The predicted molar refractivity (Wildman–Crippen MR) is 63.8 cm³/mol. The summed E-state index contributed by atoms with van der Waals surface area (Å²) >= 11 is 22.5. The van der Waals surface area contributed by atoms with Crippen LogP contribution in [0.5, 0.6) is 0 Å². The zero-order chi connectivity index (χ0) is 13.8. The molecule has 0 amide bonds. The predicted octanol–water partition coefficient (Wildman–Crippen LogP) is 6.01. The molecule has 0 aromatic heterocycles. The average molecular weight is 338 g/mol. The smallest absolute Gasteiger partial charge is 0.198 e. The van der Waals surface area contributed by atoms with Crippen LogP contribution < -0.4 is 0 Å². The summed E-state index contributed by atoms with van der Waals surface area (Å²) in [5.74, 6) is -7.38. The molecule has 0 fully saturated rings. The Labute approximate surface area is 118 Å². The van der Waals surface area contributed by atoms with E-state index >= 15 is 0 Å². The van der Waals surface area contributed by atoms with Gasteiger partial charge in [0.1, 0.15) is 0 Å². The van der Waals surface area contributed by atoms with E-state index in [0.29, 0.717) is 0 Å². The fraction of sp³-hybridized carbons (Fsp3) is 0. The second-order valence-corrected chi connectivity index (χ2v) is 4.77. The van der Waals surface area contributed by atoms with Crippen LogP contribution in [0.4, 0.5) is 17.6 Å². The van der Waals surface area contributed by atoms with Crippen molar-refractivity contribution in [2.75, 3.05) is 0 Å². The molecule has 0 saturated heterocycles. The average Bonchev–Trinajstić information content (AvgIpc) is 2.35. The van der Waals surface area contributed by atoms with Crippen LogP contribution in [0.2, 0.25) is 20.1 Å². The summed E-state index contributed by atoms with van der Waals surface area (Å²) in [6, 6.07) is 0. The third kappa shape index (κ3) is 1.74. The highest BCUT2D eigenvalue weighted by atomic mass is 35.5. The Balaban J connectivity index is 3.22. The number of hydrogen-bond donors (Lipinski definition) is 0. The lowest BCUT2D eigenvalue weighted by atomic mass is 10.1. The van der Waals surface area contributed by atoms with Crippen molar-refractivity contribution in [3.8, 4) is 0 Å². The molecule has 0 unspecified atom stereocenters. The van der Waals surface area contributed by atoms with E-state index < -0.39 is 44.1 Å². The van der Waals surface area contributed by atoms with Crippen molar-refractivity contribution in [1.82, 2.24) is 0 Å². The van der Waals surface area contributed by atoms with Crippen LogP contribution in [-0.2, 0) is 0 Å². The lowest BCUT2D eigenvalue weighted by Gasteiger charge is -2.11. The molecular weight excluding hydrogens is 338 g/mol. The Morgan fingerprint density at radius 1 is 0.444 bits per heavy atom. The highest BCUT2D eigenvalue weighted by Crippen LogP contribution is 2.45. The van der Waals surface area contributed by atoms with Crippen LogP contribution in [0.1, 0.15) is 0 Å². The monoisotopic (exact) mass is 336 g/mol. The van der Waals surface area contributed by atoms with Gasteiger partial charge >= 0.3 is 0 Å². The molecule has 0 aliphatic heterocycles. The first-order valence-corrected chi connectivity index (χ1v) is 5.77. The normalized spacial score (nSPS) is 11.3. The zero-order valence-corrected chi connectivity index (χ0v) is 11.0. The number of fused-ring (bicyclic) bond motifs is 1. The molecule has 0 N–H and O–H groups in total. The molecule has 0 saturated carbocycles. The van der Waals surface area contributed by atoms with Crippen LogP contribution in [0.3, 0.4) is 0 Å². The topological polar surface area (TPSA) is 0 Å². The van der Waals surface area contributed by atoms with Crippen LogP contribution >= 0.6 is 46.4 Å². The minimum absolute atomic E-state index is 0.375. The summed E-state index contributed by atoms with van der Waals surface area (Å²) in [5.41, 5.74) is 0. The van der Waals surface area contributed by atoms with Crippen LogP contribution in [0.15, 0.2) is 0 Å². The van der Waals surface area contributed by atoms with Gasteiger partial charge in [-0.15, -0.1) is 0 Å². The van der Waals surface area contributed by atoms with E-state index in [0.717, 1.165) is 0 Å². The van der Waals surface area contributed by atoms with Crippen molar-refractivity contribution in [2.45, 2.75) is 0 Å². The van der Waals surface area contributed by atoms with Crippen molar-refractivity contribution >= 4 is 57.2 Å². The molecule has 8 heteroatoms. The molecule has 2 aromatic rings. The van der Waals surface area contributed by atoms with E-state index in [1.165, 1.54) is 0 Å². The second kappa shape index (κ2) is 4.60. The van der Waals surface area contributed by atoms with Gasteiger partial charge in [0.15, 0.2) is 23.3 Å². The molecular formula is C10Cl4F4. The number of halogens is 8. The SMILES string of the molecule is Fc1c(F)c(F)c2c(Cl)c(Cl)c(Cl)c(Cl)c2c1F. The van der Waals surface area contributed by atoms with Gasteiger partial charge in [0.25, 0.3) is 0 Å². The summed E-state index contributed by atoms with van der Waals surface area (Å²) in [5, 5.41) is -3.35. The van der Waals surface area contributed by atoms with Crippen molar-refractivity contribution in [2.24, 2.45) is 0 Å². The minimum Gasteiger partial charge on any atom is -0.203 e. The summed E-state index contributed by atoms with van der Waals surface area (Å²) in [6.07, 6.45) is 0. The lowest BCUT2D eigenvalue weighted by molar-refractivity contribution is 0.418. The number of hydrogen-bond acceptors (Lipinski definition) is 0. The van der Waals surface area contributed by atoms with Crippen molar-refractivity contribution < 1.29 is 17.6 Å². The third-order valence-electron chi connectivity index (χ3n) is 2.28. The van der Waals surface area contributed by atoms with Gasteiger partial charge in [-0.3, -0.25) is 0 Å². The highest BCUT2D eigenvalue weighted by molar-refractivity contribution is 6.55. The third-order valence-corrected chi connectivity index (χ3v) is 4.09. The quantitative estimate of drug-likeness (QED) is 0.314. The first kappa shape index (κ1) is 14.0. The summed E-state index contributed by atoms with van der Waals surface area (Å²) in [7, 11) is 0. The van der Waals surface area contributed by atoms with Crippen molar-refractivity contribution in [3.05, 3.63) is 43.4 Å². The van der Waals surface area contributed by atoms with Crippen LogP contribution in [0.25, 0.3) is 10.8 Å². The standard InChI is InChI=1S/C10Cl4F4/c11-3-1-2(4(12)6(14)5(3)13)8(16)10(18)9(17)7(1)15. The molecule has 2 aromatic carbocycles. The first-order chi connectivity index (χ1) is 8.29. The number of benzene rings is 2. The van der Waals surface area contributed by atoms with Crippen molar-refractivity contribution in [1.29, 1.82) is 0 Å². The fourth-order valence-electron chi connectivity index (χ4n) is 1.46. The largest absolute Gasteiger partial charge is 0.203 e. The van der Waals surface area contributed by atoms with Gasteiger partial charge in [0.05, 0.1) is 20.1 Å². The summed E-state index contributed by atoms with van der Waals surface area (Å²) in [4.78, 5) is 0. The van der Waals surface area contributed by atoms with Gasteiger partial charge in [0.2, 0.25) is 0 Å². The Morgan fingerprint density at radius 2 is 0.722 bits per heavy atom. The second-order valence-electron chi connectivity index (χ2n) is 3.26. The van der Waals surface area contributed by atoms with Crippen LogP contribution in [0, 0.1) is 23.3 Å². The van der Waals surface area contributed by atoms with E-state index in [1.54, 1.807) is 0 Å². The van der Waals surface area contributed by atoms with Gasteiger partial charge in [-0.1, -0.05) is 46.4 Å². The van der Waals surface area contributed by atoms with Crippen LogP contribution in [-0.4, -0.2) is 0 Å². The Kier molecular flexibility index (Phi) is 3.58. The molecule has 0 bridgehead atoms. The maximum atomic E-state index is 13.6. The molecule has 0 heterocycles. The molecule has 0 aliphatic carbocycles. The molecule has 0 radical (unpaired) electrons. The Hall–Kier alpha value is -0.420. The molecule has 0 nitrogen and oxygen atoms in total. The zero-order valence-electron chi connectivity index (χ0n) is 8.02. The van der Waals surface area contributed by atoms with Crippen molar-refractivity contribution in [3.63, 3.8) is 0 Å². The van der Waals surface area contributed by atoms with E-state index in [-0.39, 0.29) is 10.0 Å². The number of rotatable bonds is 0. The van der Waals surface area contributed by atoms with E-state index in [1.807, 2.05) is 0 Å². The molecule has 0 aliphatic rings. The van der Waals surface area contributed by atoms with Gasteiger partial charge in [-0.05, 0) is 0 Å². The Bertz CT molecular complexity index is 571. The maximum Gasteiger partial charge on any atom is 0.198 e.